The molecule has 0 bridgehead atoms. The highest BCUT2D eigenvalue weighted by Crippen LogP contribution is 2.30. The van der Waals surface area contributed by atoms with E-state index in [0.717, 1.165) is 36.4 Å². The van der Waals surface area contributed by atoms with Crippen LogP contribution in [0.15, 0.2) is 48.5 Å². The third-order valence-corrected chi connectivity index (χ3v) is 3.51. The molecule has 2 aromatic carbocycles. The van der Waals surface area contributed by atoms with Crippen molar-refractivity contribution < 1.29 is 31.1 Å². The van der Waals surface area contributed by atoms with E-state index in [9.17, 15) is 31.1 Å². The summed E-state index contributed by atoms with van der Waals surface area (Å²) in [6.07, 6.45) is -8.94. The van der Waals surface area contributed by atoms with Gasteiger partial charge in [-0.3, -0.25) is 4.79 Å². The Morgan fingerprint density at radius 1 is 0.800 bits per heavy atom. The molecule has 0 fully saturated rings. The van der Waals surface area contributed by atoms with Crippen LogP contribution < -0.4 is 0 Å². The molecule has 0 spiro atoms. The molecular formula is C17H13F6NO. The van der Waals surface area contributed by atoms with Gasteiger partial charge in [-0.2, -0.15) is 26.3 Å². The van der Waals surface area contributed by atoms with Crippen LogP contribution >= 0.6 is 0 Å². The van der Waals surface area contributed by atoms with E-state index >= 15 is 0 Å². The molecule has 134 valence electrons. The second-order valence-electron chi connectivity index (χ2n) is 5.43. The molecule has 1 amide bonds. The van der Waals surface area contributed by atoms with Crippen molar-refractivity contribution in [2.45, 2.75) is 18.9 Å². The molecule has 0 saturated carbocycles. The minimum Gasteiger partial charge on any atom is -0.337 e. The largest absolute Gasteiger partial charge is 0.416 e. The average Bonchev–Trinajstić information content (AvgIpc) is 2.53. The summed E-state index contributed by atoms with van der Waals surface area (Å²) in [6.45, 7) is 0.0258. The fourth-order valence-corrected chi connectivity index (χ4v) is 2.17. The van der Waals surface area contributed by atoms with Crippen LogP contribution in [0.3, 0.4) is 0 Å². The number of amides is 1. The van der Waals surface area contributed by atoms with Gasteiger partial charge in [0.15, 0.2) is 0 Å². The van der Waals surface area contributed by atoms with Crippen LogP contribution in [0.5, 0.6) is 0 Å². The van der Waals surface area contributed by atoms with Crippen LogP contribution in [0.1, 0.15) is 27.0 Å². The Labute approximate surface area is 139 Å². The highest BCUT2D eigenvalue weighted by Gasteiger charge is 2.31. The molecule has 0 aromatic heterocycles. The molecule has 25 heavy (non-hydrogen) atoms. The number of hydrogen-bond donors (Lipinski definition) is 0. The van der Waals surface area contributed by atoms with Gasteiger partial charge >= 0.3 is 12.4 Å². The highest BCUT2D eigenvalue weighted by molar-refractivity contribution is 5.94. The Kier molecular flexibility index (Phi) is 5.10. The Morgan fingerprint density at radius 3 is 1.60 bits per heavy atom. The van der Waals surface area contributed by atoms with E-state index in [1.54, 1.807) is 0 Å². The summed E-state index contributed by atoms with van der Waals surface area (Å²) in [4.78, 5) is 13.4. The quantitative estimate of drug-likeness (QED) is 0.705. The minimum absolute atomic E-state index is 0.0258. The van der Waals surface area contributed by atoms with E-state index < -0.39 is 29.4 Å². The van der Waals surface area contributed by atoms with E-state index in [4.69, 9.17) is 0 Å². The Morgan fingerprint density at radius 2 is 1.20 bits per heavy atom. The lowest BCUT2D eigenvalue weighted by Gasteiger charge is -2.18. The number of alkyl halides is 6. The monoisotopic (exact) mass is 361 g/mol. The fraction of sp³-hybridized carbons (Fsp3) is 0.235. The molecule has 0 unspecified atom stereocenters. The summed E-state index contributed by atoms with van der Waals surface area (Å²) >= 11 is 0. The van der Waals surface area contributed by atoms with Gasteiger partial charge in [0, 0.05) is 19.2 Å². The van der Waals surface area contributed by atoms with Gasteiger partial charge < -0.3 is 4.90 Å². The van der Waals surface area contributed by atoms with Crippen molar-refractivity contribution in [2.24, 2.45) is 0 Å². The maximum absolute atomic E-state index is 12.5. The summed E-state index contributed by atoms with van der Waals surface area (Å²) in [5.41, 5.74) is -1.14. The van der Waals surface area contributed by atoms with Gasteiger partial charge in [0.1, 0.15) is 0 Å². The summed E-state index contributed by atoms with van der Waals surface area (Å²) in [6, 6.07) is 8.05. The predicted octanol–water partition coefficient (Wildman–Crippen LogP) is 5.00. The minimum atomic E-state index is -4.49. The van der Waals surface area contributed by atoms with Crippen molar-refractivity contribution >= 4 is 5.91 Å². The molecule has 2 nitrogen and oxygen atoms in total. The number of rotatable bonds is 3. The number of halogens is 6. The van der Waals surface area contributed by atoms with Gasteiger partial charge in [-0.05, 0) is 42.0 Å². The van der Waals surface area contributed by atoms with Crippen molar-refractivity contribution in [1.29, 1.82) is 0 Å². The third kappa shape index (κ3) is 4.74. The van der Waals surface area contributed by atoms with Crippen LogP contribution in [-0.4, -0.2) is 17.9 Å². The second-order valence-corrected chi connectivity index (χ2v) is 5.43. The molecule has 0 N–H and O–H groups in total. The standard InChI is InChI=1S/C17H13F6NO/c1-24(10-11-2-6-13(7-3-11)16(18,19)20)15(25)12-4-8-14(9-5-12)17(21,22)23/h2-9H,10H2,1H3. The molecule has 0 atom stereocenters. The lowest BCUT2D eigenvalue weighted by Crippen LogP contribution is -2.26. The summed E-state index contributed by atoms with van der Waals surface area (Å²) in [5, 5.41) is 0. The van der Waals surface area contributed by atoms with E-state index in [0.29, 0.717) is 5.56 Å². The number of carbonyl (C=O) groups is 1. The van der Waals surface area contributed by atoms with Crippen LogP contribution in [-0.2, 0) is 18.9 Å². The maximum Gasteiger partial charge on any atom is 0.416 e. The Hall–Kier alpha value is -2.51. The number of hydrogen-bond acceptors (Lipinski definition) is 1. The number of carbonyl (C=O) groups excluding carboxylic acids is 1. The molecule has 0 saturated heterocycles. The normalized spacial score (nSPS) is 12.1. The SMILES string of the molecule is CN(Cc1ccc(C(F)(F)F)cc1)C(=O)c1ccc(C(F)(F)F)cc1. The first kappa shape index (κ1) is 18.8. The Bertz CT molecular complexity index is 732. The zero-order chi connectivity index (χ0) is 18.8. The topological polar surface area (TPSA) is 20.3 Å². The highest BCUT2D eigenvalue weighted by atomic mass is 19.4. The molecule has 0 aliphatic carbocycles. The second kappa shape index (κ2) is 6.78. The van der Waals surface area contributed by atoms with Crippen LogP contribution in [0, 0.1) is 0 Å². The van der Waals surface area contributed by atoms with Gasteiger partial charge in [0.05, 0.1) is 11.1 Å². The molecule has 2 rings (SSSR count). The lowest BCUT2D eigenvalue weighted by molar-refractivity contribution is -0.138. The number of nitrogens with zero attached hydrogens (tertiary/aromatic N) is 1. The van der Waals surface area contributed by atoms with Crippen molar-refractivity contribution in [3.63, 3.8) is 0 Å². The van der Waals surface area contributed by atoms with E-state index in [1.165, 1.54) is 24.1 Å². The fourth-order valence-electron chi connectivity index (χ4n) is 2.17. The predicted molar refractivity (Wildman–Crippen MR) is 78.7 cm³/mol. The molecular weight excluding hydrogens is 348 g/mol. The molecule has 8 heteroatoms. The van der Waals surface area contributed by atoms with E-state index in [-0.39, 0.29) is 12.1 Å². The number of benzene rings is 2. The first-order valence-electron chi connectivity index (χ1n) is 7.07. The first-order valence-corrected chi connectivity index (χ1v) is 7.07. The van der Waals surface area contributed by atoms with E-state index in [1.807, 2.05) is 0 Å². The third-order valence-electron chi connectivity index (χ3n) is 3.51. The van der Waals surface area contributed by atoms with Gasteiger partial charge in [0.2, 0.25) is 0 Å². The van der Waals surface area contributed by atoms with Crippen molar-refractivity contribution in [3.05, 3.63) is 70.8 Å². The summed E-state index contributed by atoms with van der Waals surface area (Å²) < 4.78 is 75.0. The van der Waals surface area contributed by atoms with Crippen LogP contribution in [0.25, 0.3) is 0 Å². The smallest absolute Gasteiger partial charge is 0.337 e. The zero-order valence-corrected chi connectivity index (χ0v) is 12.9. The lowest BCUT2D eigenvalue weighted by atomic mass is 10.1. The van der Waals surface area contributed by atoms with Crippen molar-refractivity contribution in [3.8, 4) is 0 Å². The van der Waals surface area contributed by atoms with Gasteiger partial charge in [-0.15, -0.1) is 0 Å². The van der Waals surface area contributed by atoms with Crippen LogP contribution in [0.4, 0.5) is 26.3 Å². The van der Waals surface area contributed by atoms with Crippen molar-refractivity contribution in [1.82, 2.24) is 4.90 Å². The van der Waals surface area contributed by atoms with Gasteiger partial charge in [-0.25, -0.2) is 0 Å². The van der Waals surface area contributed by atoms with Gasteiger partial charge in [0.25, 0.3) is 5.91 Å². The molecule has 0 heterocycles. The zero-order valence-electron chi connectivity index (χ0n) is 12.9. The molecule has 0 radical (unpaired) electrons. The molecule has 0 aliphatic heterocycles. The summed E-state index contributed by atoms with van der Waals surface area (Å²) in [5.74, 6) is -0.534. The van der Waals surface area contributed by atoms with Gasteiger partial charge in [-0.1, -0.05) is 12.1 Å². The van der Waals surface area contributed by atoms with Crippen LogP contribution in [0.2, 0.25) is 0 Å². The Balaban J connectivity index is 2.07. The average molecular weight is 361 g/mol. The summed E-state index contributed by atoms with van der Waals surface area (Å²) in [7, 11) is 1.41. The molecule has 2 aromatic rings. The first-order chi connectivity index (χ1) is 11.5. The molecule has 0 aliphatic rings. The van der Waals surface area contributed by atoms with Crippen molar-refractivity contribution in [2.75, 3.05) is 7.05 Å². The maximum atomic E-state index is 12.5. The van der Waals surface area contributed by atoms with E-state index in [2.05, 4.69) is 0 Å².